The monoisotopic (exact) mass is 308 g/mol. The third kappa shape index (κ3) is 1.52. The smallest absolute Gasteiger partial charge is 0.231 e. The lowest BCUT2D eigenvalue weighted by Crippen LogP contribution is -2.44. The van der Waals surface area contributed by atoms with Gasteiger partial charge in [0.25, 0.3) is 0 Å². The Labute approximate surface area is 116 Å². The molecule has 0 spiro atoms. The molecule has 4 aliphatic rings. The van der Waals surface area contributed by atoms with E-state index in [9.17, 15) is 0 Å². The molecule has 1 aliphatic heterocycles. The lowest BCUT2D eigenvalue weighted by Gasteiger charge is -2.51. The maximum atomic E-state index is 5.52. The molecule has 5 rings (SSSR count). The minimum Gasteiger partial charge on any atom is -0.454 e. The highest BCUT2D eigenvalue weighted by molar-refractivity contribution is 9.10. The Bertz CT molecular complexity index is 473. The van der Waals surface area contributed by atoms with Crippen LogP contribution in [-0.4, -0.2) is 11.1 Å². The predicted molar refractivity (Wildman–Crippen MR) is 73.6 cm³/mol. The van der Waals surface area contributed by atoms with Gasteiger partial charge in [-0.25, -0.2) is 0 Å². The number of halogens is 1. The van der Waals surface area contributed by atoms with Gasteiger partial charge in [-0.15, -0.1) is 0 Å². The fourth-order valence-electron chi connectivity index (χ4n) is 3.80. The maximum absolute atomic E-state index is 5.52. The molecule has 3 saturated carbocycles. The number of fused-ring (bicyclic) bond motifs is 4. The van der Waals surface area contributed by atoms with Crippen LogP contribution in [0.25, 0.3) is 0 Å². The van der Waals surface area contributed by atoms with Gasteiger partial charge in [0.15, 0.2) is 11.5 Å². The summed E-state index contributed by atoms with van der Waals surface area (Å²) in [6.07, 6.45) is 7.83. The van der Waals surface area contributed by atoms with Gasteiger partial charge in [0.2, 0.25) is 6.79 Å². The summed E-state index contributed by atoms with van der Waals surface area (Å²) in [4.78, 5) is 0. The highest BCUT2D eigenvalue weighted by atomic mass is 79.9. The molecule has 1 heterocycles. The molecule has 0 atom stereocenters. The average molecular weight is 309 g/mol. The van der Waals surface area contributed by atoms with Crippen molar-refractivity contribution in [3.63, 3.8) is 0 Å². The molecule has 3 heteroatoms. The summed E-state index contributed by atoms with van der Waals surface area (Å²) in [7, 11) is 0. The molecular formula is C15H17BrO2. The maximum Gasteiger partial charge on any atom is 0.231 e. The molecular weight excluding hydrogens is 292 g/mol. The van der Waals surface area contributed by atoms with E-state index in [1.165, 1.54) is 44.1 Å². The van der Waals surface area contributed by atoms with E-state index >= 15 is 0 Å². The second kappa shape index (κ2) is 3.66. The van der Waals surface area contributed by atoms with Crippen LogP contribution in [0, 0.1) is 0 Å². The van der Waals surface area contributed by atoms with Crippen molar-refractivity contribution < 1.29 is 9.47 Å². The summed E-state index contributed by atoms with van der Waals surface area (Å²) in [6.45, 7) is 0.371. The van der Waals surface area contributed by atoms with Gasteiger partial charge >= 0.3 is 0 Å². The Balaban J connectivity index is 1.71. The largest absolute Gasteiger partial charge is 0.454 e. The summed E-state index contributed by atoms with van der Waals surface area (Å²) in [6, 6.07) is 6.55. The SMILES string of the molecule is BrC12CCC(c3ccc4c(c3)OCO4)(CC1)CC2. The normalized spacial score (nSPS) is 36.9. The Kier molecular flexibility index (Phi) is 2.27. The number of rotatable bonds is 1. The van der Waals surface area contributed by atoms with Crippen molar-refractivity contribution in [2.75, 3.05) is 6.79 Å². The van der Waals surface area contributed by atoms with Crippen LogP contribution in [0.2, 0.25) is 0 Å². The number of benzene rings is 1. The Morgan fingerprint density at radius 3 is 2.28 bits per heavy atom. The summed E-state index contributed by atoms with van der Waals surface area (Å²) >= 11 is 3.93. The van der Waals surface area contributed by atoms with E-state index in [1.807, 2.05) is 0 Å². The molecule has 0 radical (unpaired) electrons. The van der Waals surface area contributed by atoms with Crippen molar-refractivity contribution in [2.24, 2.45) is 0 Å². The van der Waals surface area contributed by atoms with Gasteiger partial charge < -0.3 is 9.47 Å². The van der Waals surface area contributed by atoms with Crippen LogP contribution < -0.4 is 9.47 Å². The third-order valence-corrected chi connectivity index (χ3v) is 6.33. The van der Waals surface area contributed by atoms with Gasteiger partial charge in [0.05, 0.1) is 0 Å². The summed E-state index contributed by atoms with van der Waals surface area (Å²) in [5, 5.41) is 0. The topological polar surface area (TPSA) is 18.5 Å². The highest BCUT2D eigenvalue weighted by Gasteiger charge is 2.48. The van der Waals surface area contributed by atoms with Crippen molar-refractivity contribution in [1.29, 1.82) is 0 Å². The Hall–Kier alpha value is -0.700. The van der Waals surface area contributed by atoms with Crippen LogP contribution in [-0.2, 0) is 5.41 Å². The number of hydrogen-bond donors (Lipinski definition) is 0. The second-order valence-corrected chi connectivity index (χ2v) is 7.68. The van der Waals surface area contributed by atoms with Crippen LogP contribution >= 0.6 is 15.9 Å². The average Bonchev–Trinajstić information content (AvgIpc) is 2.87. The molecule has 0 amide bonds. The Morgan fingerprint density at radius 2 is 1.56 bits per heavy atom. The van der Waals surface area contributed by atoms with E-state index in [2.05, 4.69) is 34.1 Å². The molecule has 1 aromatic rings. The van der Waals surface area contributed by atoms with E-state index in [4.69, 9.17) is 9.47 Å². The molecule has 96 valence electrons. The molecule has 0 N–H and O–H groups in total. The quantitative estimate of drug-likeness (QED) is 0.725. The summed E-state index contributed by atoms with van der Waals surface area (Å²) < 4.78 is 11.4. The first-order valence-corrected chi connectivity index (χ1v) is 7.58. The predicted octanol–water partition coefficient (Wildman–Crippen LogP) is 4.15. The van der Waals surface area contributed by atoms with Crippen LogP contribution in [0.3, 0.4) is 0 Å². The minimum atomic E-state index is 0.371. The molecule has 1 aromatic carbocycles. The third-order valence-electron chi connectivity index (χ3n) is 5.14. The van der Waals surface area contributed by atoms with Gasteiger partial charge in [-0.1, -0.05) is 22.0 Å². The van der Waals surface area contributed by atoms with Crippen LogP contribution in [0.15, 0.2) is 18.2 Å². The fourth-order valence-corrected chi connectivity index (χ4v) is 4.39. The van der Waals surface area contributed by atoms with Gasteiger partial charge in [0.1, 0.15) is 0 Å². The van der Waals surface area contributed by atoms with Crippen LogP contribution in [0.4, 0.5) is 0 Å². The van der Waals surface area contributed by atoms with Crippen molar-refractivity contribution in [3.8, 4) is 11.5 Å². The second-order valence-electron chi connectivity index (χ2n) is 6.00. The van der Waals surface area contributed by atoms with Crippen LogP contribution in [0.1, 0.15) is 44.1 Å². The van der Waals surface area contributed by atoms with Crippen molar-refractivity contribution >= 4 is 15.9 Å². The molecule has 0 unspecified atom stereocenters. The van der Waals surface area contributed by atoms with Crippen molar-refractivity contribution in [3.05, 3.63) is 23.8 Å². The highest BCUT2D eigenvalue weighted by Crippen LogP contribution is 2.57. The van der Waals surface area contributed by atoms with Crippen LogP contribution in [0.5, 0.6) is 11.5 Å². The zero-order valence-electron chi connectivity index (χ0n) is 10.4. The standard InChI is InChI=1S/C15H17BrO2/c16-15-6-3-14(4-7-15,5-8-15)11-1-2-12-13(9-11)18-10-17-12/h1-2,9H,3-8,10H2. The first-order chi connectivity index (χ1) is 8.69. The lowest BCUT2D eigenvalue weighted by atomic mass is 9.58. The molecule has 18 heavy (non-hydrogen) atoms. The van der Waals surface area contributed by atoms with Gasteiger partial charge in [-0.2, -0.15) is 0 Å². The molecule has 3 fully saturated rings. The molecule has 0 saturated heterocycles. The number of ether oxygens (including phenoxy) is 2. The summed E-state index contributed by atoms with van der Waals surface area (Å²) in [5.74, 6) is 1.83. The van der Waals surface area contributed by atoms with Crippen molar-refractivity contribution in [1.82, 2.24) is 0 Å². The van der Waals surface area contributed by atoms with Gasteiger partial charge in [0, 0.05) is 4.32 Å². The van der Waals surface area contributed by atoms with Gasteiger partial charge in [-0.3, -0.25) is 0 Å². The van der Waals surface area contributed by atoms with Gasteiger partial charge in [-0.05, 0) is 61.6 Å². The molecule has 0 aromatic heterocycles. The van der Waals surface area contributed by atoms with E-state index < -0.39 is 0 Å². The first kappa shape index (κ1) is 11.2. The zero-order valence-corrected chi connectivity index (χ0v) is 12.0. The van der Waals surface area contributed by atoms with E-state index in [-0.39, 0.29) is 0 Å². The number of hydrogen-bond acceptors (Lipinski definition) is 2. The summed E-state index contributed by atoms with van der Waals surface area (Å²) in [5.41, 5.74) is 1.86. The fraction of sp³-hybridized carbons (Fsp3) is 0.600. The van der Waals surface area contributed by atoms with E-state index in [0.29, 0.717) is 16.5 Å². The lowest BCUT2D eigenvalue weighted by molar-refractivity contribution is 0.161. The zero-order chi connectivity index (χ0) is 12.2. The molecule has 3 aliphatic carbocycles. The van der Waals surface area contributed by atoms with E-state index in [1.54, 1.807) is 0 Å². The van der Waals surface area contributed by atoms with Crippen molar-refractivity contribution in [2.45, 2.75) is 48.3 Å². The molecule has 2 nitrogen and oxygen atoms in total. The first-order valence-electron chi connectivity index (χ1n) is 6.78. The van der Waals surface area contributed by atoms with E-state index in [0.717, 1.165) is 11.5 Å². The molecule has 2 bridgehead atoms. The minimum absolute atomic E-state index is 0.371. The number of alkyl halides is 1. The Morgan fingerprint density at radius 1 is 0.889 bits per heavy atom.